The number of rotatable bonds is 7. The molecule has 0 unspecified atom stereocenters. The third-order valence-electron chi connectivity index (χ3n) is 5.42. The van der Waals surface area contributed by atoms with E-state index < -0.39 is 0 Å². The minimum atomic E-state index is -0.275. The molecule has 0 aliphatic carbocycles. The number of hydrogen-bond donors (Lipinski definition) is 3. The fourth-order valence-corrected chi connectivity index (χ4v) is 4.61. The predicted molar refractivity (Wildman–Crippen MR) is 148 cm³/mol. The van der Waals surface area contributed by atoms with Crippen LogP contribution in [0.5, 0.6) is 0 Å². The highest BCUT2D eigenvalue weighted by atomic mass is 127. The van der Waals surface area contributed by atoms with Gasteiger partial charge >= 0.3 is 6.03 Å². The number of amides is 2. The monoisotopic (exact) mass is 575 g/mol. The first-order chi connectivity index (χ1) is 17.2. The van der Waals surface area contributed by atoms with E-state index in [1.54, 1.807) is 0 Å². The summed E-state index contributed by atoms with van der Waals surface area (Å²) < 4.78 is 7.02. The molecule has 0 saturated heterocycles. The lowest BCUT2D eigenvalue weighted by Crippen LogP contribution is -2.19. The summed E-state index contributed by atoms with van der Waals surface area (Å²) in [4.78, 5) is 20.9. The van der Waals surface area contributed by atoms with Gasteiger partial charge in [-0.25, -0.2) is 14.8 Å². The molecule has 7 nitrogen and oxygen atoms in total. The molecule has 0 aliphatic heterocycles. The molecule has 35 heavy (non-hydrogen) atoms. The number of nitrogens with one attached hydrogen (secondary N) is 3. The summed E-state index contributed by atoms with van der Waals surface area (Å²) in [6.07, 6.45) is 2.31. The van der Waals surface area contributed by atoms with Crippen molar-refractivity contribution in [1.29, 1.82) is 0 Å². The summed E-state index contributed by atoms with van der Waals surface area (Å²) in [5.41, 5.74) is 4.19. The van der Waals surface area contributed by atoms with Crippen LogP contribution in [0.15, 0.2) is 95.7 Å². The number of hydrogen-bond acceptors (Lipinski definition) is 5. The summed E-state index contributed by atoms with van der Waals surface area (Å²) in [7, 11) is 0. The molecule has 0 saturated carbocycles. The Morgan fingerprint density at radius 2 is 1.49 bits per heavy atom. The molecular formula is C27H22IN5O2. The summed E-state index contributed by atoms with van der Waals surface area (Å²) in [5, 5.41) is 9.96. The van der Waals surface area contributed by atoms with Gasteiger partial charge in [0.25, 0.3) is 0 Å². The zero-order valence-corrected chi connectivity index (χ0v) is 20.8. The number of anilines is 3. The molecule has 5 rings (SSSR count). The SMILES string of the molecule is O=C(Nc1ccccc1)Nc1ccc(CCNc2ncnc3oc(-c4ccccc4)c(I)c23)cc1. The van der Waals surface area contributed by atoms with Gasteiger partial charge < -0.3 is 20.4 Å². The molecule has 2 amide bonds. The second-order valence-corrected chi connectivity index (χ2v) is 8.91. The van der Waals surface area contributed by atoms with Crippen molar-refractivity contribution in [2.75, 3.05) is 22.5 Å². The molecule has 0 atom stereocenters. The Hall–Kier alpha value is -3.92. The number of nitrogens with zero attached hydrogens (tertiary/aromatic N) is 2. The topological polar surface area (TPSA) is 92.1 Å². The lowest BCUT2D eigenvalue weighted by molar-refractivity contribution is 0.262. The molecule has 2 aromatic heterocycles. The highest BCUT2D eigenvalue weighted by molar-refractivity contribution is 14.1. The molecule has 8 heteroatoms. The van der Waals surface area contributed by atoms with E-state index in [1.807, 2.05) is 84.9 Å². The molecule has 0 aliphatic rings. The van der Waals surface area contributed by atoms with Gasteiger partial charge in [0.1, 0.15) is 12.1 Å². The van der Waals surface area contributed by atoms with Crippen molar-refractivity contribution in [3.8, 4) is 11.3 Å². The second-order valence-electron chi connectivity index (χ2n) is 7.83. The number of benzene rings is 3. The Morgan fingerprint density at radius 1 is 0.829 bits per heavy atom. The number of carbonyl (C=O) groups is 1. The van der Waals surface area contributed by atoms with Crippen molar-refractivity contribution in [2.24, 2.45) is 0 Å². The molecule has 0 spiro atoms. The minimum Gasteiger partial charge on any atom is -0.436 e. The van der Waals surface area contributed by atoms with Crippen LogP contribution in [0.1, 0.15) is 5.56 Å². The smallest absolute Gasteiger partial charge is 0.323 e. The van der Waals surface area contributed by atoms with E-state index in [9.17, 15) is 4.79 Å². The predicted octanol–water partition coefficient (Wildman–Crippen LogP) is 6.79. The summed E-state index contributed by atoms with van der Waals surface area (Å²) in [6, 6.07) is 26.9. The Balaban J connectivity index is 1.20. The van der Waals surface area contributed by atoms with E-state index >= 15 is 0 Å². The van der Waals surface area contributed by atoms with Crippen LogP contribution in [-0.2, 0) is 6.42 Å². The minimum absolute atomic E-state index is 0.275. The molecule has 0 radical (unpaired) electrons. The van der Waals surface area contributed by atoms with Crippen LogP contribution >= 0.6 is 22.6 Å². The Kier molecular flexibility index (Phi) is 6.89. The van der Waals surface area contributed by atoms with Crippen LogP contribution in [0.25, 0.3) is 22.4 Å². The number of furan rings is 1. The summed E-state index contributed by atoms with van der Waals surface area (Å²) in [6.45, 7) is 0.690. The molecule has 3 N–H and O–H groups in total. The number of carbonyl (C=O) groups excluding carboxylic acids is 1. The third-order valence-corrected chi connectivity index (χ3v) is 6.44. The van der Waals surface area contributed by atoms with Crippen molar-refractivity contribution in [3.63, 3.8) is 0 Å². The van der Waals surface area contributed by atoms with Gasteiger partial charge in [-0.05, 0) is 58.8 Å². The van der Waals surface area contributed by atoms with Crippen LogP contribution in [0, 0.1) is 3.57 Å². The van der Waals surface area contributed by atoms with Gasteiger partial charge in [0, 0.05) is 23.5 Å². The second kappa shape index (κ2) is 10.6. The van der Waals surface area contributed by atoms with Crippen LogP contribution < -0.4 is 16.0 Å². The van der Waals surface area contributed by atoms with Crippen molar-refractivity contribution < 1.29 is 9.21 Å². The normalized spacial score (nSPS) is 10.8. The average Bonchev–Trinajstić information content (AvgIpc) is 3.23. The van der Waals surface area contributed by atoms with Crippen molar-refractivity contribution in [3.05, 3.63) is 100 Å². The molecule has 2 heterocycles. The maximum Gasteiger partial charge on any atom is 0.323 e. The van der Waals surface area contributed by atoms with Gasteiger partial charge in [-0.1, -0.05) is 60.7 Å². The number of halogens is 1. The first-order valence-electron chi connectivity index (χ1n) is 11.1. The fraction of sp³-hybridized carbons (Fsp3) is 0.0741. The molecule has 174 valence electrons. The molecule has 0 fully saturated rings. The largest absolute Gasteiger partial charge is 0.436 e. The van der Waals surface area contributed by atoms with Crippen molar-refractivity contribution in [1.82, 2.24) is 9.97 Å². The third kappa shape index (κ3) is 5.43. The first kappa shape index (κ1) is 22.9. The number of urea groups is 1. The van der Waals surface area contributed by atoms with E-state index in [0.717, 1.165) is 49.5 Å². The van der Waals surface area contributed by atoms with E-state index in [1.165, 1.54) is 6.33 Å². The maximum absolute atomic E-state index is 12.2. The average molecular weight is 575 g/mol. The standard InChI is InChI=1S/C27H22IN5O2/c28-23-22-25(30-17-31-26(22)35-24(23)19-7-3-1-4-8-19)29-16-15-18-11-13-21(14-12-18)33-27(34)32-20-9-5-2-6-10-20/h1-14,17H,15-16H2,(H,29,30,31)(H2,32,33,34). The fourth-order valence-electron chi connectivity index (χ4n) is 3.70. The van der Waals surface area contributed by atoms with Gasteiger partial charge in [-0.15, -0.1) is 0 Å². The summed E-state index contributed by atoms with van der Waals surface area (Å²) in [5.74, 6) is 1.55. The van der Waals surface area contributed by atoms with Gasteiger partial charge in [0.05, 0.1) is 8.96 Å². The molecule has 3 aromatic carbocycles. The highest BCUT2D eigenvalue weighted by Crippen LogP contribution is 2.36. The summed E-state index contributed by atoms with van der Waals surface area (Å²) >= 11 is 2.29. The van der Waals surface area contributed by atoms with Gasteiger partial charge in [-0.2, -0.15) is 0 Å². The Morgan fingerprint density at radius 3 is 2.20 bits per heavy atom. The van der Waals surface area contributed by atoms with Gasteiger partial charge in [0.2, 0.25) is 5.71 Å². The van der Waals surface area contributed by atoms with E-state index in [-0.39, 0.29) is 6.03 Å². The van der Waals surface area contributed by atoms with Crippen LogP contribution in [0.2, 0.25) is 0 Å². The van der Waals surface area contributed by atoms with E-state index in [2.05, 4.69) is 48.5 Å². The lowest BCUT2D eigenvalue weighted by Gasteiger charge is -2.09. The van der Waals surface area contributed by atoms with Crippen LogP contribution in [-0.4, -0.2) is 22.5 Å². The van der Waals surface area contributed by atoms with E-state index in [4.69, 9.17) is 4.42 Å². The van der Waals surface area contributed by atoms with Crippen LogP contribution in [0.4, 0.5) is 22.0 Å². The Labute approximate surface area is 216 Å². The molecule has 0 bridgehead atoms. The quantitative estimate of drug-likeness (QED) is 0.186. The molecule has 5 aromatic rings. The van der Waals surface area contributed by atoms with Gasteiger partial charge in [0.15, 0.2) is 5.76 Å². The number of para-hydroxylation sites is 1. The molecular weight excluding hydrogens is 553 g/mol. The highest BCUT2D eigenvalue weighted by Gasteiger charge is 2.18. The van der Waals surface area contributed by atoms with Gasteiger partial charge in [-0.3, -0.25) is 0 Å². The van der Waals surface area contributed by atoms with Crippen molar-refractivity contribution >= 4 is 56.9 Å². The number of aromatic nitrogens is 2. The van der Waals surface area contributed by atoms with Crippen LogP contribution in [0.3, 0.4) is 0 Å². The zero-order chi connectivity index (χ0) is 24.0. The van der Waals surface area contributed by atoms with E-state index in [0.29, 0.717) is 12.3 Å². The maximum atomic E-state index is 12.2. The zero-order valence-electron chi connectivity index (χ0n) is 18.7. The first-order valence-corrected chi connectivity index (χ1v) is 12.2. The Bertz CT molecular complexity index is 1440. The lowest BCUT2D eigenvalue weighted by atomic mass is 10.1. The van der Waals surface area contributed by atoms with Crippen molar-refractivity contribution in [2.45, 2.75) is 6.42 Å². The number of fused-ring (bicyclic) bond motifs is 1.